The van der Waals surface area contributed by atoms with E-state index in [1.54, 1.807) is 12.1 Å². The number of rotatable bonds is 3. The van der Waals surface area contributed by atoms with Crippen LogP contribution in [0.4, 0.5) is 0 Å². The maximum atomic E-state index is 12.6. The van der Waals surface area contributed by atoms with Crippen LogP contribution in [-0.2, 0) is 22.4 Å². The summed E-state index contributed by atoms with van der Waals surface area (Å²) in [4.78, 5) is 13.2. The van der Waals surface area contributed by atoms with Gasteiger partial charge in [0.2, 0.25) is 0 Å². The standard InChI is InChI=1S/C16H16ClNO2S/c1-20-16(19)15(12-4-2-3-5-13(12)17)18-8-6-14-11(10-18)7-9-21-14/h2-5,7,9,15H,6,8,10H2,1H3/i6T2,8T2,10T2. The first-order valence-electron chi connectivity index (χ1n) is 9.18. The van der Waals surface area contributed by atoms with Crippen LogP contribution in [0.1, 0.15) is 30.3 Å². The minimum absolute atomic E-state index is 0.0198. The lowest BCUT2D eigenvalue weighted by molar-refractivity contribution is -0.147. The zero-order valence-electron chi connectivity index (χ0n) is 17.1. The minimum Gasteiger partial charge on any atom is -0.468 e. The molecule has 21 heavy (non-hydrogen) atoms. The number of carbonyl (C=O) groups is 1. The number of hydrogen-bond acceptors (Lipinski definition) is 4. The Balaban J connectivity index is 2.31. The fourth-order valence-electron chi connectivity index (χ4n) is 2.07. The second kappa shape index (κ2) is 6.18. The van der Waals surface area contributed by atoms with Gasteiger partial charge >= 0.3 is 5.97 Å². The van der Waals surface area contributed by atoms with Crippen molar-refractivity contribution in [3.8, 4) is 0 Å². The predicted molar refractivity (Wildman–Crippen MR) is 84.6 cm³/mol. The molecular formula is C16H16ClNO2S. The molecule has 2 aromatic rings. The molecule has 3 nitrogen and oxygen atoms in total. The second-order valence-corrected chi connectivity index (χ2v) is 5.65. The molecule has 0 N–H and O–H groups in total. The first-order valence-corrected chi connectivity index (χ1v) is 7.44. The molecule has 0 saturated heterocycles. The summed E-state index contributed by atoms with van der Waals surface area (Å²) in [5.74, 6) is -0.940. The number of halogens is 1. The van der Waals surface area contributed by atoms with Gasteiger partial charge in [-0.25, -0.2) is 4.79 Å². The number of aryl methyl sites for hydroxylation is 1. The van der Waals surface area contributed by atoms with Crippen molar-refractivity contribution in [2.24, 2.45) is 0 Å². The van der Waals surface area contributed by atoms with E-state index in [0.717, 1.165) is 18.4 Å². The van der Waals surface area contributed by atoms with Gasteiger partial charge in [0.15, 0.2) is 0 Å². The molecule has 0 saturated carbocycles. The van der Waals surface area contributed by atoms with Gasteiger partial charge in [0.25, 0.3) is 0 Å². The Labute approximate surface area is 141 Å². The highest BCUT2D eigenvalue weighted by Crippen LogP contribution is 2.33. The SMILES string of the molecule is [3H]C1([3H])c2ccsc2C([3H])([3H])C([3H])([3H])N1C(C(=O)OC)c1ccccc1Cl. The molecule has 1 atom stereocenters. The van der Waals surface area contributed by atoms with Gasteiger partial charge in [0, 0.05) is 31.1 Å². The van der Waals surface area contributed by atoms with Gasteiger partial charge in [-0.05, 0) is 35.0 Å². The third-order valence-electron chi connectivity index (χ3n) is 3.08. The van der Waals surface area contributed by atoms with Gasteiger partial charge in [-0.15, -0.1) is 11.3 Å². The fourth-order valence-corrected chi connectivity index (χ4v) is 3.00. The predicted octanol–water partition coefficient (Wildman–Crippen LogP) is 3.67. The molecule has 1 unspecified atom stereocenters. The first kappa shape index (κ1) is 8.93. The van der Waals surface area contributed by atoms with E-state index in [9.17, 15) is 4.79 Å². The molecule has 1 aromatic heterocycles. The number of esters is 1. The van der Waals surface area contributed by atoms with Crippen LogP contribution < -0.4 is 0 Å². The summed E-state index contributed by atoms with van der Waals surface area (Å²) >= 11 is 7.14. The van der Waals surface area contributed by atoms with Gasteiger partial charge in [0.1, 0.15) is 6.04 Å². The molecule has 0 fully saturated rings. The normalized spacial score (nSPS) is 27.7. The molecule has 0 spiro atoms. The maximum Gasteiger partial charge on any atom is 0.327 e. The summed E-state index contributed by atoms with van der Waals surface area (Å²) in [5.41, 5.74) is 0.113. The van der Waals surface area contributed by atoms with Crippen molar-refractivity contribution in [2.75, 3.05) is 13.6 Å². The number of benzene rings is 1. The highest BCUT2D eigenvalue weighted by Gasteiger charge is 2.32. The van der Waals surface area contributed by atoms with Crippen LogP contribution in [0.15, 0.2) is 35.7 Å². The average molecular weight is 334 g/mol. The minimum atomic E-state index is -2.87. The number of hydrogen-bond donors (Lipinski definition) is 0. The monoisotopic (exact) mass is 333 g/mol. The molecule has 0 radical (unpaired) electrons. The highest BCUT2D eigenvalue weighted by atomic mass is 35.5. The van der Waals surface area contributed by atoms with Crippen LogP contribution in [0.2, 0.25) is 5.02 Å². The largest absolute Gasteiger partial charge is 0.468 e. The molecule has 0 bridgehead atoms. The molecule has 5 heteroatoms. The number of ether oxygens (including phenoxy) is 1. The Kier molecular flexibility index (Phi) is 2.63. The summed E-state index contributed by atoms with van der Waals surface area (Å²) in [5, 5.41) is 1.62. The van der Waals surface area contributed by atoms with Crippen molar-refractivity contribution < 1.29 is 17.8 Å². The first-order chi connectivity index (χ1) is 12.5. The number of thiophene rings is 1. The molecule has 1 aliphatic rings. The molecule has 3 rings (SSSR count). The van der Waals surface area contributed by atoms with E-state index in [4.69, 9.17) is 24.6 Å². The Morgan fingerprint density at radius 3 is 3.05 bits per heavy atom. The van der Waals surface area contributed by atoms with Gasteiger partial charge in [-0.1, -0.05) is 29.8 Å². The molecule has 0 aliphatic carbocycles. The Hall–Kier alpha value is -1.36. The van der Waals surface area contributed by atoms with E-state index >= 15 is 0 Å². The number of carbonyl (C=O) groups excluding carboxylic acids is 1. The van der Waals surface area contributed by atoms with Crippen LogP contribution in [0.3, 0.4) is 0 Å². The summed E-state index contributed by atoms with van der Waals surface area (Å²) in [6.07, 6.45) is -2.56. The molecule has 2 heterocycles. The third-order valence-corrected chi connectivity index (χ3v) is 4.25. The lowest BCUT2D eigenvalue weighted by Gasteiger charge is -2.33. The third kappa shape index (κ3) is 2.84. The van der Waals surface area contributed by atoms with Gasteiger partial charge in [-0.2, -0.15) is 0 Å². The van der Waals surface area contributed by atoms with Crippen molar-refractivity contribution in [3.05, 3.63) is 56.7 Å². The van der Waals surface area contributed by atoms with Crippen molar-refractivity contribution in [2.45, 2.75) is 18.9 Å². The van der Waals surface area contributed by atoms with Crippen LogP contribution >= 0.6 is 22.9 Å². The van der Waals surface area contributed by atoms with Crippen molar-refractivity contribution in [1.29, 1.82) is 0 Å². The Morgan fingerprint density at radius 2 is 2.29 bits per heavy atom. The number of nitrogens with zero attached hydrogens (tertiary/aromatic N) is 1. The number of methoxy groups -OCH3 is 1. The summed E-state index contributed by atoms with van der Waals surface area (Å²) < 4.78 is 55.6. The van der Waals surface area contributed by atoms with Gasteiger partial charge in [-0.3, -0.25) is 4.90 Å². The van der Waals surface area contributed by atoms with Crippen LogP contribution in [0.5, 0.6) is 0 Å². The summed E-state index contributed by atoms with van der Waals surface area (Å²) in [6.45, 7) is -5.35. The Bertz CT molecular complexity index is 887. The summed E-state index contributed by atoms with van der Waals surface area (Å²) in [7, 11) is 1.10. The molecule has 0 amide bonds. The summed E-state index contributed by atoms with van der Waals surface area (Å²) in [6, 6.07) is 5.98. The van der Waals surface area contributed by atoms with E-state index in [1.807, 2.05) is 0 Å². The van der Waals surface area contributed by atoms with E-state index in [1.165, 1.54) is 23.6 Å². The van der Waals surface area contributed by atoms with E-state index in [2.05, 4.69) is 0 Å². The van der Waals surface area contributed by atoms with E-state index in [0.29, 0.717) is 4.90 Å². The lowest BCUT2D eigenvalue weighted by atomic mass is 10.0. The zero-order valence-corrected chi connectivity index (χ0v) is 12.7. The maximum absolute atomic E-state index is 12.6. The molecule has 1 aromatic carbocycles. The Morgan fingerprint density at radius 1 is 1.48 bits per heavy atom. The quantitative estimate of drug-likeness (QED) is 0.803. The van der Waals surface area contributed by atoms with E-state index < -0.39 is 31.4 Å². The van der Waals surface area contributed by atoms with Crippen LogP contribution in [0, 0.1) is 0 Å². The van der Waals surface area contributed by atoms with Gasteiger partial charge < -0.3 is 4.74 Å². The topological polar surface area (TPSA) is 29.5 Å². The zero-order chi connectivity index (χ0) is 20.2. The van der Waals surface area contributed by atoms with Gasteiger partial charge in [0.05, 0.1) is 7.11 Å². The van der Waals surface area contributed by atoms with Crippen LogP contribution in [0.25, 0.3) is 0 Å². The smallest absolute Gasteiger partial charge is 0.327 e. The van der Waals surface area contributed by atoms with Crippen molar-refractivity contribution >= 4 is 28.9 Å². The molecule has 1 aliphatic heterocycles. The van der Waals surface area contributed by atoms with E-state index in [-0.39, 0.29) is 21.0 Å². The second-order valence-electron chi connectivity index (χ2n) is 4.33. The molecule has 110 valence electrons. The lowest BCUT2D eigenvalue weighted by Crippen LogP contribution is -2.38. The fraction of sp³-hybridized carbons (Fsp3) is 0.312. The van der Waals surface area contributed by atoms with Crippen LogP contribution in [-0.4, -0.2) is 24.5 Å². The van der Waals surface area contributed by atoms with Crippen molar-refractivity contribution in [1.82, 2.24) is 4.90 Å². The highest BCUT2D eigenvalue weighted by molar-refractivity contribution is 7.10. The number of fused-ring (bicyclic) bond motifs is 1. The van der Waals surface area contributed by atoms with Crippen molar-refractivity contribution in [3.63, 3.8) is 0 Å². The average Bonchev–Trinajstić information content (AvgIpc) is 3.10. The molecular weight excluding hydrogens is 306 g/mol.